The molecule has 1 N–H and O–H groups in total. The topological polar surface area (TPSA) is 78.3 Å². The molecule has 0 amide bonds. The first-order chi connectivity index (χ1) is 24.7. The maximum Gasteiger partial charge on any atom is 0.310 e. The van der Waals surface area contributed by atoms with Crippen LogP contribution in [0.25, 0.3) is 11.4 Å². The van der Waals surface area contributed by atoms with E-state index in [2.05, 4.69) is 97.2 Å². The number of esters is 1. The van der Waals surface area contributed by atoms with Crippen LogP contribution in [0.4, 0.5) is 5.69 Å². The van der Waals surface area contributed by atoms with Gasteiger partial charge in [0.25, 0.3) is 0 Å². The van der Waals surface area contributed by atoms with Gasteiger partial charge in [-0.1, -0.05) is 135 Å². The zero-order valence-electron chi connectivity index (χ0n) is 31.9. The fraction of sp³-hybridized carbons (Fsp3) is 0.512. The van der Waals surface area contributed by atoms with E-state index < -0.39 is 0 Å². The molecular weight excluding hydrogens is 653 g/mol. The average molecular weight is 713 g/mol. The van der Waals surface area contributed by atoms with Gasteiger partial charge in [-0.3, -0.25) is 4.79 Å². The van der Waals surface area contributed by atoms with Gasteiger partial charge in [0.05, 0.1) is 19.6 Å². The lowest BCUT2D eigenvalue weighted by Gasteiger charge is -2.19. The average Bonchev–Trinajstić information content (AvgIpc) is 3.48. The number of ether oxygens (including phenoxy) is 2. The molecule has 51 heavy (non-hydrogen) atoms. The first kappa shape index (κ1) is 40.0. The van der Waals surface area contributed by atoms with Crippen LogP contribution in [-0.4, -0.2) is 33.9 Å². The van der Waals surface area contributed by atoms with Gasteiger partial charge in [-0.05, 0) is 65.4 Å². The lowest BCUT2D eigenvalue weighted by atomic mass is 9.87. The molecule has 0 fully saturated rings. The molecule has 0 saturated heterocycles. The highest BCUT2D eigenvalue weighted by molar-refractivity contribution is 7.99. The highest BCUT2D eigenvalue weighted by atomic mass is 32.2. The van der Waals surface area contributed by atoms with Gasteiger partial charge < -0.3 is 19.4 Å². The van der Waals surface area contributed by atoms with Gasteiger partial charge in [0.1, 0.15) is 5.75 Å². The number of nitrogens with zero attached hydrogens (tertiary/aromatic N) is 3. The van der Waals surface area contributed by atoms with E-state index in [9.17, 15) is 4.79 Å². The summed E-state index contributed by atoms with van der Waals surface area (Å²) < 4.78 is 13.9. The Kier molecular flexibility index (Phi) is 16.4. The number of hydrogen-bond donors (Lipinski definition) is 1. The Bertz CT molecular complexity index is 1610. The number of rotatable bonds is 22. The zero-order valence-corrected chi connectivity index (χ0v) is 32.7. The van der Waals surface area contributed by atoms with Crippen LogP contribution in [0.5, 0.6) is 5.75 Å². The predicted molar refractivity (Wildman–Crippen MR) is 212 cm³/mol. The molecule has 0 saturated carbocycles. The third kappa shape index (κ3) is 13.4. The standard InChI is InChI=1S/C43H60N4O3S/c1-7-9-11-13-15-17-29-50-40(48)30-33-18-25-37(26-19-33)44-32-35-22-27-38(31-39(35)49-28-16-14-12-10-8-2)51-42-46-45-41(47(42)6)34-20-23-36(24-21-34)43(3,4)5/h18-27,31,44H,7-17,28-30,32H2,1-6H3. The maximum absolute atomic E-state index is 12.3. The zero-order chi connectivity index (χ0) is 36.5. The molecule has 3 aromatic carbocycles. The highest BCUT2D eigenvalue weighted by Gasteiger charge is 2.17. The second-order valence-corrected chi connectivity index (χ2v) is 15.6. The Labute approximate surface area is 311 Å². The second kappa shape index (κ2) is 20.9. The Hall–Kier alpha value is -3.78. The van der Waals surface area contributed by atoms with E-state index in [0.29, 0.717) is 26.2 Å². The van der Waals surface area contributed by atoms with Crippen LogP contribution in [0.3, 0.4) is 0 Å². The molecule has 0 unspecified atom stereocenters. The first-order valence-electron chi connectivity index (χ1n) is 19.1. The lowest BCUT2D eigenvalue weighted by Crippen LogP contribution is -2.10. The Morgan fingerprint density at radius 3 is 2.10 bits per heavy atom. The lowest BCUT2D eigenvalue weighted by molar-refractivity contribution is -0.142. The van der Waals surface area contributed by atoms with Crippen LogP contribution >= 0.6 is 11.8 Å². The Balaban J connectivity index is 1.36. The summed E-state index contributed by atoms with van der Waals surface area (Å²) in [5.74, 6) is 1.57. The third-order valence-corrected chi connectivity index (χ3v) is 10.2. The van der Waals surface area contributed by atoms with Gasteiger partial charge in [0, 0.05) is 35.3 Å². The summed E-state index contributed by atoms with van der Waals surface area (Å²) in [6.07, 6.45) is 13.3. The van der Waals surface area contributed by atoms with E-state index in [0.717, 1.165) is 63.3 Å². The summed E-state index contributed by atoms with van der Waals surface area (Å²) in [6, 6.07) is 23.1. The van der Waals surface area contributed by atoms with Crippen LogP contribution < -0.4 is 10.1 Å². The first-order valence-corrected chi connectivity index (χ1v) is 19.9. The van der Waals surface area contributed by atoms with E-state index in [1.165, 1.54) is 56.9 Å². The Morgan fingerprint density at radius 1 is 0.784 bits per heavy atom. The number of hydrogen-bond acceptors (Lipinski definition) is 7. The summed E-state index contributed by atoms with van der Waals surface area (Å²) in [6.45, 7) is 12.9. The van der Waals surface area contributed by atoms with E-state index in [-0.39, 0.29) is 11.4 Å². The molecule has 0 aliphatic rings. The van der Waals surface area contributed by atoms with Crippen molar-refractivity contribution in [2.24, 2.45) is 7.05 Å². The van der Waals surface area contributed by atoms with E-state index in [1.54, 1.807) is 11.8 Å². The minimum Gasteiger partial charge on any atom is -0.493 e. The number of carbonyl (C=O) groups excluding carboxylic acids is 1. The fourth-order valence-corrected chi connectivity index (χ4v) is 6.69. The van der Waals surface area contributed by atoms with Gasteiger partial charge >= 0.3 is 5.97 Å². The summed E-state index contributed by atoms with van der Waals surface area (Å²) in [5, 5.41) is 13.5. The molecule has 0 radical (unpaired) electrons. The quantitative estimate of drug-likeness (QED) is 0.0642. The summed E-state index contributed by atoms with van der Waals surface area (Å²) in [5.41, 5.74) is 5.48. The van der Waals surface area contributed by atoms with E-state index in [1.807, 2.05) is 31.3 Å². The number of aromatic nitrogens is 3. The molecule has 8 heteroatoms. The van der Waals surface area contributed by atoms with Crippen molar-refractivity contribution in [1.82, 2.24) is 14.8 Å². The van der Waals surface area contributed by atoms with E-state index in [4.69, 9.17) is 9.47 Å². The largest absolute Gasteiger partial charge is 0.493 e. The van der Waals surface area contributed by atoms with Crippen LogP contribution in [0.2, 0.25) is 0 Å². The molecule has 4 aromatic rings. The molecule has 0 bridgehead atoms. The molecule has 1 heterocycles. The van der Waals surface area contributed by atoms with Crippen molar-refractivity contribution in [3.8, 4) is 17.1 Å². The monoisotopic (exact) mass is 712 g/mol. The molecule has 0 spiro atoms. The fourth-order valence-electron chi connectivity index (χ4n) is 5.87. The number of nitrogens with one attached hydrogen (secondary N) is 1. The highest BCUT2D eigenvalue weighted by Crippen LogP contribution is 2.34. The Morgan fingerprint density at radius 2 is 1.43 bits per heavy atom. The van der Waals surface area contributed by atoms with Crippen molar-refractivity contribution in [3.63, 3.8) is 0 Å². The van der Waals surface area contributed by atoms with Crippen LogP contribution in [0.15, 0.2) is 76.8 Å². The number of anilines is 1. The summed E-state index contributed by atoms with van der Waals surface area (Å²) >= 11 is 1.59. The second-order valence-electron chi connectivity index (χ2n) is 14.5. The molecule has 7 nitrogen and oxygen atoms in total. The summed E-state index contributed by atoms with van der Waals surface area (Å²) in [4.78, 5) is 13.4. The molecule has 276 valence electrons. The van der Waals surface area contributed by atoms with Gasteiger partial charge in [0.15, 0.2) is 11.0 Å². The van der Waals surface area contributed by atoms with Gasteiger partial charge in [-0.15, -0.1) is 10.2 Å². The summed E-state index contributed by atoms with van der Waals surface area (Å²) in [7, 11) is 2.02. The molecule has 1 aromatic heterocycles. The van der Waals surface area contributed by atoms with Crippen molar-refractivity contribution < 1.29 is 14.3 Å². The predicted octanol–water partition coefficient (Wildman–Crippen LogP) is 11.3. The van der Waals surface area contributed by atoms with Crippen molar-refractivity contribution in [1.29, 1.82) is 0 Å². The minimum absolute atomic E-state index is 0.102. The van der Waals surface area contributed by atoms with Crippen molar-refractivity contribution in [2.75, 3.05) is 18.5 Å². The van der Waals surface area contributed by atoms with Crippen LogP contribution in [-0.2, 0) is 35.0 Å². The van der Waals surface area contributed by atoms with Gasteiger partial charge in [0.2, 0.25) is 0 Å². The molecule has 0 aliphatic carbocycles. The molecular formula is C43H60N4O3S. The van der Waals surface area contributed by atoms with E-state index >= 15 is 0 Å². The number of unbranched alkanes of at least 4 members (excludes halogenated alkanes) is 9. The number of carbonyl (C=O) groups is 1. The van der Waals surface area contributed by atoms with Crippen molar-refractivity contribution in [2.45, 2.75) is 134 Å². The number of benzene rings is 3. The smallest absolute Gasteiger partial charge is 0.310 e. The van der Waals surface area contributed by atoms with Gasteiger partial charge in [-0.25, -0.2) is 0 Å². The van der Waals surface area contributed by atoms with Crippen molar-refractivity contribution in [3.05, 3.63) is 83.4 Å². The molecule has 0 atom stereocenters. The minimum atomic E-state index is -0.161. The van der Waals surface area contributed by atoms with Gasteiger partial charge in [-0.2, -0.15) is 0 Å². The normalized spacial score (nSPS) is 11.5. The maximum atomic E-state index is 12.3. The van der Waals surface area contributed by atoms with Crippen LogP contribution in [0.1, 0.15) is 122 Å². The van der Waals surface area contributed by atoms with Crippen molar-refractivity contribution >= 4 is 23.4 Å². The molecule has 4 rings (SSSR count). The third-order valence-electron chi connectivity index (χ3n) is 9.14. The SMILES string of the molecule is CCCCCCCCOC(=O)Cc1ccc(NCc2ccc(Sc3nnc(-c4ccc(C(C)(C)C)cc4)n3C)cc2OCCCCCCC)cc1. The van der Waals surface area contributed by atoms with Crippen LogP contribution in [0, 0.1) is 0 Å². The molecule has 0 aliphatic heterocycles.